The van der Waals surface area contributed by atoms with Crippen molar-refractivity contribution in [1.29, 1.82) is 0 Å². The van der Waals surface area contributed by atoms with Crippen molar-refractivity contribution < 1.29 is 27.8 Å². The van der Waals surface area contributed by atoms with Gasteiger partial charge in [0.05, 0.1) is 23.7 Å². The van der Waals surface area contributed by atoms with Gasteiger partial charge in [0.15, 0.2) is 0 Å². The summed E-state index contributed by atoms with van der Waals surface area (Å²) in [6.07, 6.45) is 1.58. The van der Waals surface area contributed by atoms with Gasteiger partial charge in [0, 0.05) is 19.7 Å². The summed E-state index contributed by atoms with van der Waals surface area (Å²) in [7, 11) is -2.24. The molecule has 0 radical (unpaired) electrons. The number of carbonyl (C=O) groups is 1. The van der Waals surface area contributed by atoms with Crippen LogP contribution in [-0.2, 0) is 21.3 Å². The van der Waals surface area contributed by atoms with Gasteiger partial charge in [-0.15, -0.1) is 0 Å². The standard InChI is InChI=1S/C20H23NO6S/c1-26-17-8-4-15(5-9-17)13-21(14-18-3-2-12-27-18)28(24,25)19-10-6-16(7-11-19)20(22)23/h4-11,18H,2-3,12-14H2,1H3,(H,22,23). The first-order valence-electron chi connectivity index (χ1n) is 8.98. The Morgan fingerprint density at radius 2 is 1.86 bits per heavy atom. The van der Waals surface area contributed by atoms with E-state index in [1.807, 2.05) is 12.1 Å². The zero-order valence-electron chi connectivity index (χ0n) is 15.6. The molecule has 0 spiro atoms. The fourth-order valence-electron chi connectivity index (χ4n) is 3.12. The highest BCUT2D eigenvalue weighted by molar-refractivity contribution is 7.89. The van der Waals surface area contributed by atoms with Crippen LogP contribution in [0, 0.1) is 0 Å². The molecule has 28 heavy (non-hydrogen) atoms. The molecule has 2 aromatic rings. The van der Waals surface area contributed by atoms with Gasteiger partial charge in [-0.05, 0) is 54.8 Å². The van der Waals surface area contributed by atoms with E-state index >= 15 is 0 Å². The summed E-state index contributed by atoms with van der Waals surface area (Å²) in [6, 6.07) is 12.5. The summed E-state index contributed by atoms with van der Waals surface area (Å²) in [5.74, 6) is -0.403. The van der Waals surface area contributed by atoms with Crippen molar-refractivity contribution in [3.05, 3.63) is 59.7 Å². The monoisotopic (exact) mass is 405 g/mol. The average Bonchev–Trinajstić information content (AvgIpc) is 3.21. The van der Waals surface area contributed by atoms with Gasteiger partial charge in [-0.3, -0.25) is 0 Å². The summed E-state index contributed by atoms with van der Waals surface area (Å²) in [4.78, 5) is 11.1. The highest BCUT2D eigenvalue weighted by Crippen LogP contribution is 2.23. The maximum Gasteiger partial charge on any atom is 0.335 e. The largest absolute Gasteiger partial charge is 0.497 e. The van der Waals surface area contributed by atoms with Crippen LogP contribution in [0.3, 0.4) is 0 Å². The van der Waals surface area contributed by atoms with E-state index in [4.69, 9.17) is 14.6 Å². The molecule has 1 aliphatic rings. The lowest BCUT2D eigenvalue weighted by Gasteiger charge is -2.25. The first-order chi connectivity index (χ1) is 13.4. The van der Waals surface area contributed by atoms with Crippen molar-refractivity contribution in [1.82, 2.24) is 4.31 Å². The molecule has 1 aliphatic heterocycles. The Morgan fingerprint density at radius 3 is 2.39 bits per heavy atom. The smallest absolute Gasteiger partial charge is 0.335 e. The Bertz CT molecular complexity index is 903. The SMILES string of the molecule is COc1ccc(CN(CC2CCCO2)S(=O)(=O)c2ccc(C(=O)O)cc2)cc1. The first-order valence-corrected chi connectivity index (χ1v) is 10.4. The fraction of sp³-hybridized carbons (Fsp3) is 0.350. The molecule has 3 rings (SSSR count). The summed E-state index contributed by atoms with van der Waals surface area (Å²) in [5, 5.41) is 9.03. The zero-order chi connectivity index (χ0) is 20.1. The number of nitrogens with zero attached hydrogens (tertiary/aromatic N) is 1. The lowest BCUT2D eigenvalue weighted by atomic mass is 10.2. The Hall–Kier alpha value is -2.42. The van der Waals surface area contributed by atoms with Crippen LogP contribution in [0.15, 0.2) is 53.4 Å². The molecule has 0 aromatic heterocycles. The van der Waals surface area contributed by atoms with Crippen LogP contribution in [0.5, 0.6) is 5.75 Å². The van der Waals surface area contributed by atoms with E-state index in [0.29, 0.717) is 12.4 Å². The molecule has 1 heterocycles. The van der Waals surface area contributed by atoms with E-state index in [0.717, 1.165) is 18.4 Å². The molecule has 0 amide bonds. The highest BCUT2D eigenvalue weighted by Gasteiger charge is 2.29. The van der Waals surface area contributed by atoms with Crippen molar-refractivity contribution >= 4 is 16.0 Å². The minimum Gasteiger partial charge on any atom is -0.497 e. The van der Waals surface area contributed by atoms with Crippen molar-refractivity contribution in [2.75, 3.05) is 20.3 Å². The number of methoxy groups -OCH3 is 1. The van der Waals surface area contributed by atoms with E-state index in [9.17, 15) is 13.2 Å². The Kier molecular flexibility index (Phi) is 6.33. The molecule has 7 nitrogen and oxygen atoms in total. The van der Waals surface area contributed by atoms with Crippen molar-refractivity contribution in [3.63, 3.8) is 0 Å². The van der Waals surface area contributed by atoms with E-state index in [1.54, 1.807) is 19.2 Å². The third-order valence-electron chi connectivity index (χ3n) is 4.69. The highest BCUT2D eigenvalue weighted by atomic mass is 32.2. The number of hydrogen-bond acceptors (Lipinski definition) is 5. The van der Waals surface area contributed by atoms with Crippen molar-refractivity contribution in [2.45, 2.75) is 30.4 Å². The van der Waals surface area contributed by atoms with Crippen LogP contribution >= 0.6 is 0 Å². The van der Waals surface area contributed by atoms with Gasteiger partial charge in [0.2, 0.25) is 10.0 Å². The number of carboxylic acids is 1. The van der Waals surface area contributed by atoms with Crippen LogP contribution in [-0.4, -0.2) is 50.2 Å². The minimum absolute atomic E-state index is 0.0415. The van der Waals surface area contributed by atoms with Crippen molar-refractivity contribution in [3.8, 4) is 5.75 Å². The number of sulfonamides is 1. The molecule has 0 saturated carbocycles. The van der Waals surface area contributed by atoms with E-state index < -0.39 is 16.0 Å². The number of ether oxygens (including phenoxy) is 2. The van der Waals surface area contributed by atoms with Crippen LogP contribution in [0.2, 0.25) is 0 Å². The molecule has 0 aliphatic carbocycles. The maximum absolute atomic E-state index is 13.2. The van der Waals surface area contributed by atoms with Crippen molar-refractivity contribution in [2.24, 2.45) is 0 Å². The maximum atomic E-state index is 13.2. The Labute approximate surface area is 164 Å². The number of aromatic carboxylic acids is 1. The second-order valence-electron chi connectivity index (χ2n) is 6.61. The Balaban J connectivity index is 1.87. The summed E-state index contributed by atoms with van der Waals surface area (Å²) in [5.41, 5.74) is 0.865. The molecular formula is C20H23NO6S. The average molecular weight is 405 g/mol. The second kappa shape index (κ2) is 8.72. The Morgan fingerprint density at radius 1 is 1.18 bits per heavy atom. The molecule has 150 valence electrons. The molecule has 1 unspecified atom stereocenters. The van der Waals surface area contributed by atoms with Crippen LogP contribution in [0.1, 0.15) is 28.8 Å². The predicted molar refractivity (Wildman–Crippen MR) is 103 cm³/mol. The first kappa shape index (κ1) is 20.3. The summed E-state index contributed by atoms with van der Waals surface area (Å²) >= 11 is 0. The minimum atomic E-state index is -3.82. The predicted octanol–water partition coefficient (Wildman–Crippen LogP) is 2.76. The lowest BCUT2D eigenvalue weighted by molar-refractivity contribution is 0.0696. The van der Waals surface area contributed by atoms with E-state index in [2.05, 4.69) is 0 Å². The number of hydrogen-bond donors (Lipinski definition) is 1. The number of carboxylic acid groups (broad SMARTS) is 1. The second-order valence-corrected chi connectivity index (χ2v) is 8.55. The molecule has 0 bridgehead atoms. The molecule has 1 atom stereocenters. The topological polar surface area (TPSA) is 93.1 Å². The van der Waals surface area contributed by atoms with Crippen LogP contribution < -0.4 is 4.74 Å². The van der Waals surface area contributed by atoms with Crippen LogP contribution in [0.25, 0.3) is 0 Å². The van der Waals surface area contributed by atoms with Gasteiger partial charge >= 0.3 is 5.97 Å². The third-order valence-corrected chi connectivity index (χ3v) is 6.51. The molecule has 1 fully saturated rings. The lowest BCUT2D eigenvalue weighted by Crippen LogP contribution is -2.37. The molecular weight excluding hydrogens is 382 g/mol. The molecule has 1 N–H and O–H groups in total. The summed E-state index contributed by atoms with van der Waals surface area (Å²) in [6.45, 7) is 1.07. The molecule has 2 aromatic carbocycles. The van der Waals surface area contributed by atoms with Gasteiger partial charge in [0.25, 0.3) is 0 Å². The van der Waals surface area contributed by atoms with Crippen LogP contribution in [0.4, 0.5) is 0 Å². The van der Waals surface area contributed by atoms with E-state index in [1.165, 1.54) is 28.6 Å². The van der Waals surface area contributed by atoms with Gasteiger partial charge in [-0.2, -0.15) is 4.31 Å². The quantitative estimate of drug-likeness (QED) is 0.726. The molecule has 1 saturated heterocycles. The van der Waals surface area contributed by atoms with Gasteiger partial charge in [-0.25, -0.2) is 13.2 Å². The van der Waals surface area contributed by atoms with Gasteiger partial charge in [-0.1, -0.05) is 12.1 Å². The fourth-order valence-corrected chi connectivity index (χ4v) is 4.58. The summed E-state index contributed by atoms with van der Waals surface area (Å²) < 4.78 is 38.6. The molecule has 8 heteroatoms. The van der Waals surface area contributed by atoms with Gasteiger partial charge in [0.1, 0.15) is 5.75 Å². The number of rotatable bonds is 8. The number of benzene rings is 2. The van der Waals surface area contributed by atoms with Gasteiger partial charge < -0.3 is 14.6 Å². The third kappa shape index (κ3) is 4.70. The normalized spacial score (nSPS) is 17.0. The van der Waals surface area contributed by atoms with E-state index in [-0.39, 0.29) is 29.7 Å². The zero-order valence-corrected chi connectivity index (χ0v) is 16.4.